The lowest BCUT2D eigenvalue weighted by atomic mass is 9.91. The van der Waals surface area contributed by atoms with E-state index < -0.39 is 5.41 Å². The summed E-state index contributed by atoms with van der Waals surface area (Å²) in [6.45, 7) is 5.50. The SMILES string of the molecule is CC(C)(C)C(=O)/C=C/Nc1ccc(Br)cc1F. The van der Waals surface area contributed by atoms with Gasteiger partial charge in [0.25, 0.3) is 0 Å². The molecule has 0 fully saturated rings. The molecule has 0 radical (unpaired) electrons. The second kappa shape index (κ2) is 5.45. The van der Waals surface area contributed by atoms with E-state index in [1.165, 1.54) is 18.3 Å². The highest BCUT2D eigenvalue weighted by molar-refractivity contribution is 9.10. The van der Waals surface area contributed by atoms with Crippen molar-refractivity contribution in [2.75, 3.05) is 5.32 Å². The summed E-state index contributed by atoms with van der Waals surface area (Å²) in [5, 5.41) is 2.75. The Labute approximate surface area is 109 Å². The van der Waals surface area contributed by atoms with Crippen molar-refractivity contribution in [2.45, 2.75) is 20.8 Å². The summed E-state index contributed by atoms with van der Waals surface area (Å²) in [6.07, 6.45) is 2.88. The molecular weight excluding hydrogens is 285 g/mol. The minimum atomic E-state index is -0.420. The third kappa shape index (κ3) is 4.30. The van der Waals surface area contributed by atoms with Gasteiger partial charge in [-0.05, 0) is 24.3 Å². The van der Waals surface area contributed by atoms with E-state index in [9.17, 15) is 9.18 Å². The Morgan fingerprint density at radius 1 is 1.41 bits per heavy atom. The highest BCUT2D eigenvalue weighted by Crippen LogP contribution is 2.19. The molecule has 0 aliphatic rings. The van der Waals surface area contributed by atoms with Crippen LogP contribution in [0.25, 0.3) is 0 Å². The predicted molar refractivity (Wildman–Crippen MR) is 71.3 cm³/mol. The van der Waals surface area contributed by atoms with Crippen LogP contribution >= 0.6 is 15.9 Å². The second-order valence-electron chi connectivity index (χ2n) is 4.72. The van der Waals surface area contributed by atoms with Gasteiger partial charge in [0.2, 0.25) is 0 Å². The van der Waals surface area contributed by atoms with Crippen molar-refractivity contribution in [1.82, 2.24) is 0 Å². The number of hydrogen-bond acceptors (Lipinski definition) is 2. The molecule has 92 valence electrons. The lowest BCUT2D eigenvalue weighted by molar-refractivity contribution is -0.121. The molecule has 0 atom stereocenters. The Morgan fingerprint density at radius 3 is 2.59 bits per heavy atom. The van der Waals surface area contributed by atoms with Gasteiger partial charge in [0.1, 0.15) is 5.82 Å². The van der Waals surface area contributed by atoms with E-state index in [0.29, 0.717) is 10.2 Å². The van der Waals surface area contributed by atoms with Gasteiger partial charge >= 0.3 is 0 Å². The number of benzene rings is 1. The number of nitrogens with one attached hydrogen (secondary N) is 1. The average molecular weight is 300 g/mol. The Hall–Kier alpha value is -1.16. The maximum atomic E-state index is 13.4. The Kier molecular flexibility index (Phi) is 4.46. The van der Waals surface area contributed by atoms with Crippen LogP contribution < -0.4 is 5.32 Å². The highest BCUT2D eigenvalue weighted by atomic mass is 79.9. The second-order valence-corrected chi connectivity index (χ2v) is 5.63. The number of carbonyl (C=O) groups excluding carboxylic acids is 1. The van der Waals surface area contributed by atoms with Gasteiger partial charge in [0, 0.05) is 16.1 Å². The summed E-state index contributed by atoms with van der Waals surface area (Å²) in [7, 11) is 0. The first-order valence-electron chi connectivity index (χ1n) is 5.23. The third-order valence-electron chi connectivity index (χ3n) is 2.14. The molecule has 0 aliphatic heterocycles. The van der Waals surface area contributed by atoms with E-state index in [1.54, 1.807) is 12.1 Å². The average Bonchev–Trinajstić information content (AvgIpc) is 2.19. The zero-order chi connectivity index (χ0) is 13.1. The smallest absolute Gasteiger partial charge is 0.162 e. The minimum Gasteiger partial charge on any atom is -0.359 e. The number of rotatable bonds is 3. The van der Waals surface area contributed by atoms with Crippen molar-refractivity contribution in [3.63, 3.8) is 0 Å². The minimum absolute atomic E-state index is 0.0116. The Balaban J connectivity index is 2.68. The van der Waals surface area contributed by atoms with Crippen LogP contribution in [0.15, 0.2) is 34.9 Å². The monoisotopic (exact) mass is 299 g/mol. The van der Waals surface area contributed by atoms with Gasteiger partial charge in [-0.2, -0.15) is 0 Å². The van der Waals surface area contributed by atoms with Crippen LogP contribution in [0.3, 0.4) is 0 Å². The largest absolute Gasteiger partial charge is 0.359 e. The molecule has 0 bridgehead atoms. The maximum absolute atomic E-state index is 13.4. The van der Waals surface area contributed by atoms with Crippen molar-refractivity contribution in [1.29, 1.82) is 0 Å². The van der Waals surface area contributed by atoms with Gasteiger partial charge in [0.05, 0.1) is 5.69 Å². The molecule has 0 aromatic heterocycles. The van der Waals surface area contributed by atoms with Crippen molar-refractivity contribution in [2.24, 2.45) is 5.41 Å². The molecule has 1 N–H and O–H groups in total. The molecule has 0 spiro atoms. The predicted octanol–water partition coefficient (Wildman–Crippen LogP) is 4.13. The van der Waals surface area contributed by atoms with Gasteiger partial charge in [-0.25, -0.2) is 4.39 Å². The Morgan fingerprint density at radius 2 is 2.06 bits per heavy atom. The molecule has 17 heavy (non-hydrogen) atoms. The van der Waals surface area contributed by atoms with Crippen molar-refractivity contribution in [3.8, 4) is 0 Å². The van der Waals surface area contributed by atoms with Crippen molar-refractivity contribution >= 4 is 27.4 Å². The zero-order valence-corrected chi connectivity index (χ0v) is 11.6. The summed E-state index contributed by atoms with van der Waals surface area (Å²) < 4.78 is 14.1. The lowest BCUT2D eigenvalue weighted by Crippen LogP contribution is -2.17. The fourth-order valence-electron chi connectivity index (χ4n) is 1.06. The van der Waals surface area contributed by atoms with E-state index in [1.807, 2.05) is 20.8 Å². The van der Waals surface area contributed by atoms with Gasteiger partial charge in [0.15, 0.2) is 5.78 Å². The van der Waals surface area contributed by atoms with Crippen LogP contribution in [0.2, 0.25) is 0 Å². The molecule has 0 heterocycles. The first-order valence-corrected chi connectivity index (χ1v) is 6.02. The highest BCUT2D eigenvalue weighted by Gasteiger charge is 2.17. The van der Waals surface area contributed by atoms with Crippen LogP contribution in [0.4, 0.5) is 10.1 Å². The van der Waals surface area contributed by atoms with Crippen LogP contribution in [-0.4, -0.2) is 5.78 Å². The number of allylic oxidation sites excluding steroid dienone is 1. The fraction of sp³-hybridized carbons (Fsp3) is 0.308. The molecule has 0 unspecified atom stereocenters. The van der Waals surface area contributed by atoms with Crippen LogP contribution in [0.1, 0.15) is 20.8 Å². The molecule has 0 saturated carbocycles. The zero-order valence-electron chi connectivity index (χ0n) is 10.1. The summed E-state index contributed by atoms with van der Waals surface area (Å²) in [4.78, 5) is 11.6. The molecule has 4 heteroatoms. The van der Waals surface area contributed by atoms with Crippen molar-refractivity contribution < 1.29 is 9.18 Å². The number of carbonyl (C=O) groups is 1. The maximum Gasteiger partial charge on any atom is 0.162 e. The van der Waals surface area contributed by atoms with E-state index in [0.717, 1.165) is 0 Å². The molecule has 1 aromatic carbocycles. The third-order valence-corrected chi connectivity index (χ3v) is 2.64. The molecular formula is C13H15BrFNO. The molecule has 0 amide bonds. The van der Waals surface area contributed by atoms with Crippen LogP contribution in [-0.2, 0) is 4.79 Å². The molecule has 0 aliphatic carbocycles. The number of hydrogen-bond donors (Lipinski definition) is 1. The molecule has 2 nitrogen and oxygen atoms in total. The first kappa shape index (κ1) is 13.9. The molecule has 1 rings (SSSR count). The lowest BCUT2D eigenvalue weighted by Gasteiger charge is -2.13. The quantitative estimate of drug-likeness (QED) is 0.850. The number of anilines is 1. The summed E-state index contributed by atoms with van der Waals surface area (Å²) in [6, 6.07) is 4.69. The fourth-order valence-corrected chi connectivity index (χ4v) is 1.40. The van der Waals surface area contributed by atoms with Crippen LogP contribution in [0, 0.1) is 11.2 Å². The molecule has 0 saturated heterocycles. The van der Waals surface area contributed by atoms with Gasteiger partial charge in [-0.3, -0.25) is 4.79 Å². The first-order chi connectivity index (χ1) is 7.80. The number of halogens is 2. The summed E-state index contributed by atoms with van der Waals surface area (Å²) >= 11 is 3.17. The Bertz CT molecular complexity index is 449. The summed E-state index contributed by atoms with van der Waals surface area (Å²) in [5.74, 6) is -0.380. The summed E-state index contributed by atoms with van der Waals surface area (Å²) in [5.41, 5.74) is -0.0812. The molecule has 1 aromatic rings. The standard InChI is InChI=1S/C13H15BrFNO/c1-13(2,3)12(17)6-7-16-11-5-4-9(14)8-10(11)15/h4-8,16H,1-3H3/b7-6+. The van der Waals surface area contributed by atoms with E-state index in [-0.39, 0.29) is 11.6 Å². The van der Waals surface area contributed by atoms with E-state index in [4.69, 9.17) is 0 Å². The van der Waals surface area contributed by atoms with Crippen LogP contribution in [0.5, 0.6) is 0 Å². The van der Waals surface area contributed by atoms with Gasteiger partial charge < -0.3 is 5.32 Å². The topological polar surface area (TPSA) is 29.1 Å². The number of ketones is 1. The van der Waals surface area contributed by atoms with Gasteiger partial charge in [-0.1, -0.05) is 36.7 Å². The van der Waals surface area contributed by atoms with Gasteiger partial charge in [-0.15, -0.1) is 0 Å². The van der Waals surface area contributed by atoms with Crippen molar-refractivity contribution in [3.05, 3.63) is 40.8 Å². The van der Waals surface area contributed by atoms with E-state index in [2.05, 4.69) is 21.2 Å². The normalized spacial score (nSPS) is 11.8. The van der Waals surface area contributed by atoms with E-state index >= 15 is 0 Å².